The second kappa shape index (κ2) is 6.12. The molecule has 0 spiro atoms. The van der Waals surface area contributed by atoms with E-state index in [1.807, 2.05) is 37.3 Å². The van der Waals surface area contributed by atoms with Crippen LogP contribution in [0.4, 0.5) is 0 Å². The number of aryl methyl sites for hydroxylation is 1. The van der Waals surface area contributed by atoms with E-state index in [1.165, 1.54) is 6.21 Å². The van der Waals surface area contributed by atoms with Gasteiger partial charge in [0, 0.05) is 10.9 Å². The number of fused-ring (bicyclic) bond motifs is 1. The Bertz CT molecular complexity index is 871. The van der Waals surface area contributed by atoms with Crippen molar-refractivity contribution in [3.8, 4) is 0 Å². The van der Waals surface area contributed by atoms with Crippen LogP contribution in [0, 0.1) is 6.92 Å². The number of hydrogen-bond donors (Lipinski definition) is 2. The monoisotopic (exact) mass is 309 g/mol. The van der Waals surface area contributed by atoms with Gasteiger partial charge in [0.05, 0.1) is 6.21 Å². The lowest BCUT2D eigenvalue weighted by Crippen LogP contribution is -2.19. The number of furan rings is 1. The molecule has 0 bridgehead atoms. The molecule has 0 unspecified atom stereocenters. The lowest BCUT2D eigenvalue weighted by atomic mass is 9.99. The largest absolute Gasteiger partial charge is 0.460 e. The zero-order valence-electron chi connectivity index (χ0n) is 13.4. The molecule has 2 heterocycles. The first kappa shape index (κ1) is 15.1. The number of amides is 1. The van der Waals surface area contributed by atoms with Crippen molar-refractivity contribution in [1.29, 1.82) is 0 Å². The van der Waals surface area contributed by atoms with Crippen molar-refractivity contribution in [3.63, 3.8) is 0 Å². The van der Waals surface area contributed by atoms with E-state index in [2.05, 4.69) is 29.4 Å². The number of benzene rings is 1. The van der Waals surface area contributed by atoms with E-state index in [0.29, 0.717) is 11.5 Å². The van der Waals surface area contributed by atoms with E-state index in [9.17, 15) is 4.79 Å². The van der Waals surface area contributed by atoms with Gasteiger partial charge in [0.15, 0.2) is 0 Å². The summed E-state index contributed by atoms with van der Waals surface area (Å²) in [6, 6.07) is 11.5. The number of rotatable bonds is 4. The molecule has 0 aliphatic heterocycles. The maximum atomic E-state index is 12.4. The lowest BCUT2D eigenvalue weighted by molar-refractivity contribution is 0.0949. The second-order valence-electron chi connectivity index (χ2n) is 5.76. The lowest BCUT2D eigenvalue weighted by Gasteiger charge is -2.06. The van der Waals surface area contributed by atoms with Crippen LogP contribution in [0.25, 0.3) is 10.9 Å². The van der Waals surface area contributed by atoms with Crippen LogP contribution in [0.2, 0.25) is 0 Å². The van der Waals surface area contributed by atoms with Crippen LogP contribution >= 0.6 is 0 Å². The fourth-order valence-electron chi connectivity index (χ4n) is 2.68. The maximum Gasteiger partial charge on any atom is 0.288 e. The van der Waals surface area contributed by atoms with Crippen LogP contribution in [-0.4, -0.2) is 17.1 Å². The summed E-state index contributed by atoms with van der Waals surface area (Å²) < 4.78 is 5.37. The van der Waals surface area contributed by atoms with Crippen molar-refractivity contribution in [2.24, 2.45) is 5.10 Å². The van der Waals surface area contributed by atoms with E-state index < -0.39 is 0 Å². The summed E-state index contributed by atoms with van der Waals surface area (Å²) in [6.45, 7) is 6.00. The molecular formula is C18H19N3O2. The molecule has 3 rings (SSSR count). The van der Waals surface area contributed by atoms with E-state index in [4.69, 9.17) is 4.42 Å². The van der Waals surface area contributed by atoms with Crippen molar-refractivity contribution in [2.75, 3.05) is 0 Å². The highest BCUT2D eigenvalue weighted by Gasteiger charge is 2.19. The fourth-order valence-corrected chi connectivity index (χ4v) is 2.68. The van der Waals surface area contributed by atoms with E-state index in [0.717, 1.165) is 22.2 Å². The highest BCUT2D eigenvalue weighted by Crippen LogP contribution is 2.28. The third-order valence-corrected chi connectivity index (χ3v) is 3.67. The Morgan fingerprint density at radius 1 is 1.26 bits per heavy atom. The summed E-state index contributed by atoms with van der Waals surface area (Å²) in [5.41, 5.74) is 5.06. The average molecular weight is 309 g/mol. The smallest absolute Gasteiger partial charge is 0.288 e. The molecule has 2 N–H and O–H groups in total. The molecule has 1 aromatic carbocycles. The first-order chi connectivity index (χ1) is 11.1. The summed E-state index contributed by atoms with van der Waals surface area (Å²) in [7, 11) is 0. The number of carbonyl (C=O) groups excluding carboxylic acids is 1. The van der Waals surface area contributed by atoms with Gasteiger partial charge in [-0.25, -0.2) is 5.43 Å². The minimum absolute atomic E-state index is 0.226. The number of hydrogen-bond acceptors (Lipinski definition) is 3. The number of H-pyrrole nitrogens is 1. The van der Waals surface area contributed by atoms with Gasteiger partial charge in [0.1, 0.15) is 17.2 Å². The molecule has 0 saturated heterocycles. The van der Waals surface area contributed by atoms with Gasteiger partial charge in [-0.05, 0) is 36.6 Å². The Hall–Kier alpha value is -2.82. The first-order valence-electron chi connectivity index (χ1n) is 7.56. The average Bonchev–Trinajstić information content (AvgIpc) is 3.10. The Labute approximate surface area is 134 Å². The quantitative estimate of drug-likeness (QED) is 0.566. The van der Waals surface area contributed by atoms with Gasteiger partial charge in [-0.15, -0.1) is 0 Å². The number of aromatic amines is 1. The van der Waals surface area contributed by atoms with Gasteiger partial charge in [0.2, 0.25) is 0 Å². The molecule has 2 aromatic heterocycles. The SMILES string of the molecule is Cc1ccc(C=NNC(=O)c2[nH]c3ccccc3c2C(C)C)o1. The zero-order chi connectivity index (χ0) is 16.4. The Morgan fingerprint density at radius 2 is 2.04 bits per heavy atom. The summed E-state index contributed by atoms with van der Waals surface area (Å²) in [5.74, 6) is 1.37. The Balaban J connectivity index is 1.86. The highest BCUT2D eigenvalue weighted by atomic mass is 16.3. The van der Waals surface area contributed by atoms with Gasteiger partial charge >= 0.3 is 0 Å². The number of nitrogens with zero attached hydrogens (tertiary/aromatic N) is 1. The summed E-state index contributed by atoms with van der Waals surface area (Å²) >= 11 is 0. The molecule has 3 aromatic rings. The van der Waals surface area contributed by atoms with Gasteiger partial charge < -0.3 is 9.40 Å². The number of para-hydroxylation sites is 1. The minimum Gasteiger partial charge on any atom is -0.460 e. The van der Waals surface area contributed by atoms with Crippen molar-refractivity contribution >= 4 is 23.0 Å². The molecule has 0 saturated carbocycles. The minimum atomic E-state index is -0.260. The third kappa shape index (κ3) is 3.04. The molecule has 118 valence electrons. The standard InChI is InChI=1S/C18H19N3O2/c1-11(2)16-14-6-4-5-7-15(14)20-17(16)18(22)21-19-10-13-9-8-12(3)23-13/h4-11,20H,1-3H3,(H,21,22). The summed E-state index contributed by atoms with van der Waals surface area (Å²) in [6.07, 6.45) is 1.49. The Kier molecular flexibility index (Phi) is 4.02. The number of aromatic nitrogens is 1. The van der Waals surface area contributed by atoms with Crippen LogP contribution in [0.5, 0.6) is 0 Å². The van der Waals surface area contributed by atoms with Crippen LogP contribution in [-0.2, 0) is 0 Å². The van der Waals surface area contributed by atoms with Crippen LogP contribution < -0.4 is 5.43 Å². The third-order valence-electron chi connectivity index (χ3n) is 3.67. The van der Waals surface area contributed by atoms with Crippen LogP contribution in [0.1, 0.15) is 47.3 Å². The zero-order valence-corrected chi connectivity index (χ0v) is 13.4. The van der Waals surface area contributed by atoms with Crippen molar-refractivity contribution < 1.29 is 9.21 Å². The normalized spacial score (nSPS) is 11.7. The molecule has 0 aliphatic rings. The van der Waals surface area contributed by atoms with Gasteiger partial charge in [-0.3, -0.25) is 4.79 Å². The molecule has 0 aliphatic carbocycles. The Morgan fingerprint density at radius 3 is 2.74 bits per heavy atom. The number of nitrogens with one attached hydrogen (secondary N) is 2. The molecule has 0 fully saturated rings. The predicted molar refractivity (Wildman–Crippen MR) is 90.9 cm³/mol. The maximum absolute atomic E-state index is 12.4. The molecular weight excluding hydrogens is 290 g/mol. The van der Waals surface area contributed by atoms with Crippen molar-refractivity contribution in [3.05, 3.63) is 59.2 Å². The number of carbonyl (C=O) groups is 1. The van der Waals surface area contributed by atoms with Crippen molar-refractivity contribution in [2.45, 2.75) is 26.7 Å². The molecule has 5 nitrogen and oxygen atoms in total. The van der Waals surface area contributed by atoms with Gasteiger partial charge in [-0.1, -0.05) is 32.0 Å². The highest BCUT2D eigenvalue weighted by molar-refractivity contribution is 6.01. The second-order valence-corrected chi connectivity index (χ2v) is 5.76. The topological polar surface area (TPSA) is 70.4 Å². The van der Waals surface area contributed by atoms with Gasteiger partial charge in [-0.2, -0.15) is 5.10 Å². The number of hydrazone groups is 1. The van der Waals surface area contributed by atoms with Gasteiger partial charge in [0.25, 0.3) is 5.91 Å². The van der Waals surface area contributed by atoms with Crippen LogP contribution in [0.15, 0.2) is 45.9 Å². The van der Waals surface area contributed by atoms with E-state index >= 15 is 0 Å². The summed E-state index contributed by atoms with van der Waals surface area (Å²) in [4.78, 5) is 15.6. The molecule has 23 heavy (non-hydrogen) atoms. The summed E-state index contributed by atoms with van der Waals surface area (Å²) in [5, 5.41) is 5.03. The molecule has 0 atom stereocenters. The van der Waals surface area contributed by atoms with E-state index in [-0.39, 0.29) is 11.8 Å². The van der Waals surface area contributed by atoms with E-state index in [1.54, 1.807) is 6.07 Å². The molecule has 1 amide bonds. The van der Waals surface area contributed by atoms with Crippen LogP contribution in [0.3, 0.4) is 0 Å². The molecule has 0 radical (unpaired) electrons. The fraction of sp³-hybridized carbons (Fsp3) is 0.222. The first-order valence-corrected chi connectivity index (χ1v) is 7.56. The van der Waals surface area contributed by atoms with Crippen molar-refractivity contribution in [1.82, 2.24) is 10.4 Å². The predicted octanol–water partition coefficient (Wildman–Crippen LogP) is 3.96. The molecule has 5 heteroatoms.